The minimum atomic E-state index is -3.62. The molecule has 23 heavy (non-hydrogen) atoms. The summed E-state index contributed by atoms with van der Waals surface area (Å²) in [5.74, 6) is 0.00903. The second-order valence-corrected chi connectivity index (χ2v) is 7.49. The number of carbonyl (C=O) groups excluding carboxylic acids is 1. The van der Waals surface area contributed by atoms with E-state index >= 15 is 0 Å². The fourth-order valence-electron chi connectivity index (χ4n) is 2.05. The number of carbonyl (C=O) groups is 1. The molecule has 0 aliphatic rings. The maximum Gasteiger partial charge on any atom is 0.256 e. The molecule has 0 saturated carbocycles. The summed E-state index contributed by atoms with van der Waals surface area (Å²) in [6, 6.07) is 8.23. The number of nitrogens with one attached hydrogen (secondary N) is 1. The standard InChI is InChI=1S/C16H19N3O3S/c1-11-9-13(16(20)18-15-7-5-6-8-17-15)10-14(12(11)2)23(21,22)19(3)4/h5-10H,1-4H3,(H,17,18,20). The zero-order chi connectivity index (χ0) is 17.2. The largest absolute Gasteiger partial charge is 0.307 e. The molecule has 1 heterocycles. The number of aromatic nitrogens is 1. The number of aryl methyl sites for hydroxylation is 1. The van der Waals surface area contributed by atoms with Gasteiger partial charge >= 0.3 is 0 Å². The van der Waals surface area contributed by atoms with Crippen LogP contribution >= 0.6 is 0 Å². The Morgan fingerprint density at radius 2 is 1.87 bits per heavy atom. The van der Waals surface area contributed by atoms with E-state index in [-0.39, 0.29) is 10.5 Å². The van der Waals surface area contributed by atoms with Crippen LogP contribution in [0.25, 0.3) is 0 Å². The predicted octanol–water partition coefficient (Wildman–Crippen LogP) is 2.20. The van der Waals surface area contributed by atoms with E-state index in [2.05, 4.69) is 10.3 Å². The molecule has 1 N–H and O–H groups in total. The van der Waals surface area contributed by atoms with Gasteiger partial charge in [0.25, 0.3) is 5.91 Å². The summed E-state index contributed by atoms with van der Waals surface area (Å²) in [6.45, 7) is 3.51. The Labute approximate surface area is 136 Å². The lowest BCUT2D eigenvalue weighted by Crippen LogP contribution is -2.24. The first kappa shape index (κ1) is 17.1. The summed E-state index contributed by atoms with van der Waals surface area (Å²) in [4.78, 5) is 16.5. The van der Waals surface area contributed by atoms with E-state index in [0.29, 0.717) is 11.4 Å². The average molecular weight is 333 g/mol. The maximum absolute atomic E-state index is 12.4. The van der Waals surface area contributed by atoms with E-state index in [1.807, 2.05) is 0 Å². The van der Waals surface area contributed by atoms with Gasteiger partial charge in [-0.3, -0.25) is 4.79 Å². The molecule has 6 nitrogen and oxygen atoms in total. The van der Waals surface area contributed by atoms with Gasteiger partial charge in [0.2, 0.25) is 10.0 Å². The summed E-state index contributed by atoms with van der Waals surface area (Å²) in [7, 11) is -0.695. The molecule has 0 spiro atoms. The molecule has 0 fully saturated rings. The fourth-order valence-corrected chi connectivity index (χ4v) is 3.27. The van der Waals surface area contributed by atoms with Crippen LogP contribution in [0.2, 0.25) is 0 Å². The summed E-state index contributed by atoms with van der Waals surface area (Å²) in [5, 5.41) is 2.65. The number of pyridine rings is 1. The molecular formula is C16H19N3O3S. The van der Waals surface area contributed by atoms with Gasteiger partial charge in [0.05, 0.1) is 4.90 Å². The third-order valence-electron chi connectivity index (χ3n) is 3.55. The second kappa shape index (κ2) is 6.47. The number of amides is 1. The Hall–Kier alpha value is -2.25. The SMILES string of the molecule is Cc1cc(C(=O)Nc2ccccn2)cc(S(=O)(=O)N(C)C)c1C. The highest BCUT2D eigenvalue weighted by Gasteiger charge is 2.23. The van der Waals surface area contributed by atoms with E-state index in [4.69, 9.17) is 0 Å². The van der Waals surface area contributed by atoms with Crippen molar-refractivity contribution in [2.45, 2.75) is 18.7 Å². The van der Waals surface area contributed by atoms with Gasteiger partial charge in [-0.15, -0.1) is 0 Å². The maximum atomic E-state index is 12.4. The lowest BCUT2D eigenvalue weighted by Gasteiger charge is -2.16. The number of hydrogen-bond donors (Lipinski definition) is 1. The normalized spacial score (nSPS) is 11.5. The van der Waals surface area contributed by atoms with Crippen LogP contribution in [0.3, 0.4) is 0 Å². The third kappa shape index (κ3) is 3.57. The fraction of sp³-hybridized carbons (Fsp3) is 0.250. The molecule has 1 aromatic carbocycles. The molecule has 7 heteroatoms. The topological polar surface area (TPSA) is 79.4 Å². The Bertz CT molecular complexity index is 831. The van der Waals surface area contributed by atoms with Crippen LogP contribution in [0, 0.1) is 13.8 Å². The van der Waals surface area contributed by atoms with Crippen LogP contribution in [0.15, 0.2) is 41.4 Å². The van der Waals surface area contributed by atoms with Crippen LogP contribution in [0.4, 0.5) is 5.82 Å². The molecule has 2 aromatic rings. The van der Waals surface area contributed by atoms with Crippen molar-refractivity contribution in [1.29, 1.82) is 0 Å². The monoisotopic (exact) mass is 333 g/mol. The predicted molar refractivity (Wildman–Crippen MR) is 89.0 cm³/mol. The van der Waals surface area contributed by atoms with E-state index in [0.717, 1.165) is 9.87 Å². The van der Waals surface area contributed by atoms with Gasteiger partial charge in [-0.25, -0.2) is 17.7 Å². The zero-order valence-electron chi connectivity index (χ0n) is 13.5. The first-order chi connectivity index (χ1) is 10.7. The lowest BCUT2D eigenvalue weighted by atomic mass is 10.1. The molecule has 0 saturated heterocycles. The Balaban J connectivity index is 2.45. The van der Waals surface area contributed by atoms with Crippen LogP contribution in [-0.2, 0) is 10.0 Å². The number of rotatable bonds is 4. The highest BCUT2D eigenvalue weighted by atomic mass is 32.2. The number of hydrogen-bond acceptors (Lipinski definition) is 4. The van der Waals surface area contributed by atoms with Crippen LogP contribution in [-0.4, -0.2) is 37.7 Å². The zero-order valence-corrected chi connectivity index (χ0v) is 14.3. The minimum Gasteiger partial charge on any atom is -0.307 e. The lowest BCUT2D eigenvalue weighted by molar-refractivity contribution is 0.102. The molecular weight excluding hydrogens is 314 g/mol. The van der Waals surface area contributed by atoms with Crippen LogP contribution in [0.1, 0.15) is 21.5 Å². The van der Waals surface area contributed by atoms with Gasteiger partial charge in [0, 0.05) is 25.9 Å². The second-order valence-electron chi connectivity index (χ2n) is 5.37. The van der Waals surface area contributed by atoms with E-state index in [1.54, 1.807) is 44.3 Å². The number of nitrogens with zero attached hydrogens (tertiary/aromatic N) is 2. The number of sulfonamides is 1. The van der Waals surface area contributed by atoms with Crippen molar-refractivity contribution in [3.8, 4) is 0 Å². The average Bonchev–Trinajstić information content (AvgIpc) is 2.50. The third-order valence-corrected chi connectivity index (χ3v) is 5.49. The highest BCUT2D eigenvalue weighted by molar-refractivity contribution is 7.89. The first-order valence-electron chi connectivity index (χ1n) is 6.99. The number of benzene rings is 1. The van der Waals surface area contributed by atoms with Gasteiger partial charge in [-0.05, 0) is 49.2 Å². The van der Waals surface area contributed by atoms with Gasteiger partial charge in [0.1, 0.15) is 5.82 Å². The van der Waals surface area contributed by atoms with E-state index < -0.39 is 15.9 Å². The molecule has 1 amide bonds. The van der Waals surface area contributed by atoms with Gasteiger partial charge in [0.15, 0.2) is 0 Å². The summed E-state index contributed by atoms with van der Waals surface area (Å²) < 4.78 is 26.0. The van der Waals surface area contributed by atoms with Crippen molar-refractivity contribution in [2.75, 3.05) is 19.4 Å². The smallest absolute Gasteiger partial charge is 0.256 e. The highest BCUT2D eigenvalue weighted by Crippen LogP contribution is 2.23. The Kier molecular flexibility index (Phi) is 4.82. The van der Waals surface area contributed by atoms with E-state index in [9.17, 15) is 13.2 Å². The molecule has 0 unspecified atom stereocenters. The Morgan fingerprint density at radius 3 is 2.43 bits per heavy atom. The molecule has 0 radical (unpaired) electrons. The Morgan fingerprint density at radius 1 is 1.17 bits per heavy atom. The minimum absolute atomic E-state index is 0.133. The molecule has 0 aliphatic carbocycles. The van der Waals surface area contributed by atoms with Crippen molar-refractivity contribution in [3.05, 3.63) is 53.2 Å². The van der Waals surface area contributed by atoms with Crippen molar-refractivity contribution >= 4 is 21.7 Å². The summed E-state index contributed by atoms with van der Waals surface area (Å²) in [5.41, 5.74) is 1.64. The van der Waals surface area contributed by atoms with Gasteiger partial charge in [-0.1, -0.05) is 6.07 Å². The molecule has 1 aromatic heterocycles. The summed E-state index contributed by atoms with van der Waals surface area (Å²) >= 11 is 0. The van der Waals surface area contributed by atoms with Crippen molar-refractivity contribution in [1.82, 2.24) is 9.29 Å². The van der Waals surface area contributed by atoms with Gasteiger partial charge in [-0.2, -0.15) is 0 Å². The van der Waals surface area contributed by atoms with Crippen LogP contribution < -0.4 is 5.32 Å². The van der Waals surface area contributed by atoms with Crippen molar-refractivity contribution in [3.63, 3.8) is 0 Å². The van der Waals surface area contributed by atoms with E-state index in [1.165, 1.54) is 20.2 Å². The molecule has 0 aliphatic heterocycles. The molecule has 0 bridgehead atoms. The quantitative estimate of drug-likeness (QED) is 0.930. The molecule has 122 valence electrons. The van der Waals surface area contributed by atoms with Gasteiger partial charge < -0.3 is 5.32 Å². The van der Waals surface area contributed by atoms with Crippen molar-refractivity contribution in [2.24, 2.45) is 0 Å². The number of anilines is 1. The van der Waals surface area contributed by atoms with Crippen molar-refractivity contribution < 1.29 is 13.2 Å². The van der Waals surface area contributed by atoms with Crippen LogP contribution in [0.5, 0.6) is 0 Å². The summed E-state index contributed by atoms with van der Waals surface area (Å²) in [6.07, 6.45) is 1.57. The molecule has 2 rings (SSSR count). The molecule has 0 atom stereocenters. The first-order valence-corrected chi connectivity index (χ1v) is 8.43.